The maximum atomic E-state index is 13.8. The minimum absolute atomic E-state index is 0.0487. The molecule has 0 spiro atoms. The van der Waals surface area contributed by atoms with Crippen LogP contribution in [0.4, 0.5) is 5.69 Å². The van der Waals surface area contributed by atoms with Crippen LogP contribution < -0.4 is 10.2 Å². The SMILES string of the molecule is CC[C@@H]1CCCCN1CCCNC(=O)c1ccc2c(c1)N(Cc1cccc(C)c1)C(=O)/C(=C\c1ccccc1)S2. The Morgan fingerprint density at radius 1 is 1.05 bits per heavy atom. The number of thioether (sulfide) groups is 1. The molecule has 1 fully saturated rings. The second-order valence-corrected chi connectivity index (χ2v) is 11.9. The fourth-order valence-corrected chi connectivity index (χ4v) is 6.74. The van der Waals surface area contributed by atoms with E-state index >= 15 is 0 Å². The number of nitrogens with zero attached hydrogens (tertiary/aromatic N) is 2. The summed E-state index contributed by atoms with van der Waals surface area (Å²) in [5, 5.41) is 3.12. The highest BCUT2D eigenvalue weighted by Crippen LogP contribution is 2.43. The van der Waals surface area contributed by atoms with Gasteiger partial charge in [0.2, 0.25) is 0 Å². The normalized spacial score (nSPS) is 18.6. The zero-order chi connectivity index (χ0) is 27.9. The number of likely N-dealkylation sites (tertiary alicyclic amines) is 1. The summed E-state index contributed by atoms with van der Waals surface area (Å²) in [6, 6.07) is 24.6. The zero-order valence-corrected chi connectivity index (χ0v) is 24.4. The quantitative estimate of drug-likeness (QED) is 0.228. The van der Waals surface area contributed by atoms with Gasteiger partial charge in [-0.05, 0) is 74.6 Å². The van der Waals surface area contributed by atoms with Crippen LogP contribution in [0.1, 0.15) is 66.1 Å². The van der Waals surface area contributed by atoms with Crippen molar-refractivity contribution >= 4 is 35.3 Å². The van der Waals surface area contributed by atoms with Gasteiger partial charge in [-0.2, -0.15) is 0 Å². The monoisotopic (exact) mass is 553 g/mol. The molecule has 2 aliphatic heterocycles. The first-order chi connectivity index (χ1) is 19.5. The van der Waals surface area contributed by atoms with E-state index in [2.05, 4.69) is 36.2 Å². The summed E-state index contributed by atoms with van der Waals surface area (Å²) in [6.07, 6.45) is 7.97. The number of fused-ring (bicyclic) bond motifs is 1. The first kappa shape index (κ1) is 28.2. The molecule has 6 heteroatoms. The molecule has 1 saturated heterocycles. The van der Waals surface area contributed by atoms with Gasteiger partial charge in [0.25, 0.3) is 11.8 Å². The highest BCUT2D eigenvalue weighted by atomic mass is 32.2. The molecular weight excluding hydrogens is 514 g/mol. The van der Waals surface area contributed by atoms with E-state index in [4.69, 9.17) is 0 Å². The number of hydrogen-bond donors (Lipinski definition) is 1. The first-order valence-electron chi connectivity index (χ1n) is 14.5. The minimum atomic E-state index is -0.0907. The van der Waals surface area contributed by atoms with Gasteiger partial charge in [-0.1, -0.05) is 85.3 Å². The lowest BCUT2D eigenvalue weighted by Crippen LogP contribution is -2.40. The number of aryl methyl sites for hydroxylation is 1. The summed E-state index contributed by atoms with van der Waals surface area (Å²) >= 11 is 1.47. The highest BCUT2D eigenvalue weighted by molar-refractivity contribution is 8.04. The third-order valence-electron chi connectivity index (χ3n) is 7.84. The van der Waals surface area contributed by atoms with Crippen molar-refractivity contribution in [3.05, 3.63) is 100.0 Å². The van der Waals surface area contributed by atoms with E-state index in [1.165, 1.54) is 44.0 Å². The molecule has 0 aliphatic carbocycles. The topological polar surface area (TPSA) is 52.7 Å². The number of anilines is 1. The van der Waals surface area contributed by atoms with E-state index in [1.807, 2.05) is 71.6 Å². The average Bonchev–Trinajstić information content (AvgIpc) is 2.98. The Labute approximate surface area is 242 Å². The second kappa shape index (κ2) is 13.3. The molecule has 1 atom stereocenters. The molecule has 2 amide bonds. The maximum Gasteiger partial charge on any atom is 0.265 e. The number of nitrogens with one attached hydrogen (secondary N) is 1. The third-order valence-corrected chi connectivity index (χ3v) is 8.91. The molecule has 2 heterocycles. The highest BCUT2D eigenvalue weighted by Gasteiger charge is 2.30. The van der Waals surface area contributed by atoms with Crippen molar-refractivity contribution in [2.24, 2.45) is 0 Å². The van der Waals surface area contributed by atoms with Gasteiger partial charge in [-0.25, -0.2) is 0 Å². The Kier molecular flexibility index (Phi) is 9.40. The van der Waals surface area contributed by atoms with Crippen molar-refractivity contribution in [3.63, 3.8) is 0 Å². The van der Waals surface area contributed by atoms with Gasteiger partial charge < -0.3 is 15.1 Å². The van der Waals surface area contributed by atoms with Crippen LogP contribution in [0, 0.1) is 6.92 Å². The molecule has 3 aromatic carbocycles. The van der Waals surface area contributed by atoms with Crippen LogP contribution in [0.5, 0.6) is 0 Å². The largest absolute Gasteiger partial charge is 0.352 e. The fourth-order valence-electron chi connectivity index (χ4n) is 5.71. The molecule has 1 N–H and O–H groups in total. The van der Waals surface area contributed by atoms with Crippen molar-refractivity contribution in [1.82, 2.24) is 10.2 Å². The van der Waals surface area contributed by atoms with E-state index in [1.54, 1.807) is 0 Å². The molecular formula is C34H39N3O2S. The minimum Gasteiger partial charge on any atom is -0.352 e. The van der Waals surface area contributed by atoms with E-state index in [-0.39, 0.29) is 11.8 Å². The van der Waals surface area contributed by atoms with Crippen LogP contribution in [0.2, 0.25) is 0 Å². The van der Waals surface area contributed by atoms with Crippen LogP contribution >= 0.6 is 11.8 Å². The van der Waals surface area contributed by atoms with Crippen LogP contribution in [-0.2, 0) is 11.3 Å². The van der Waals surface area contributed by atoms with E-state index in [0.717, 1.165) is 40.2 Å². The smallest absolute Gasteiger partial charge is 0.265 e. The Morgan fingerprint density at radius 3 is 2.70 bits per heavy atom. The number of carbonyl (C=O) groups excluding carboxylic acids is 2. The number of benzene rings is 3. The van der Waals surface area contributed by atoms with Crippen LogP contribution in [-0.4, -0.2) is 42.4 Å². The summed E-state index contributed by atoms with van der Waals surface area (Å²) in [7, 11) is 0. The standard InChI is InChI=1S/C34H39N3O2S/c1-3-29-15-7-8-19-36(29)20-10-18-35-33(38)28-16-17-31-30(23-28)37(24-27-14-9-11-25(2)21-27)34(39)32(40-31)22-26-12-5-4-6-13-26/h4-6,9,11-14,16-17,21-23,29H,3,7-8,10,15,18-20,24H2,1-2H3,(H,35,38)/b32-22+/t29-/m1/s1. The van der Waals surface area contributed by atoms with Crippen LogP contribution in [0.15, 0.2) is 82.6 Å². The van der Waals surface area contributed by atoms with E-state index in [0.29, 0.717) is 29.6 Å². The lowest BCUT2D eigenvalue weighted by molar-refractivity contribution is -0.114. The number of piperidine rings is 1. The summed E-state index contributed by atoms with van der Waals surface area (Å²) < 4.78 is 0. The van der Waals surface area contributed by atoms with Crippen molar-refractivity contribution < 1.29 is 9.59 Å². The second-order valence-electron chi connectivity index (χ2n) is 10.8. The van der Waals surface area contributed by atoms with Gasteiger partial charge in [0.1, 0.15) is 0 Å². The average molecular weight is 554 g/mol. The van der Waals surface area contributed by atoms with Gasteiger partial charge in [0.15, 0.2) is 0 Å². The van der Waals surface area contributed by atoms with Gasteiger partial charge >= 0.3 is 0 Å². The maximum absolute atomic E-state index is 13.8. The number of carbonyl (C=O) groups is 2. The van der Waals surface area contributed by atoms with Crippen molar-refractivity contribution in [2.75, 3.05) is 24.5 Å². The van der Waals surface area contributed by atoms with E-state index in [9.17, 15) is 9.59 Å². The van der Waals surface area contributed by atoms with Crippen molar-refractivity contribution in [1.29, 1.82) is 0 Å². The lowest BCUT2D eigenvalue weighted by Gasteiger charge is -2.35. The number of amides is 2. The van der Waals surface area contributed by atoms with Gasteiger partial charge in [0.05, 0.1) is 17.1 Å². The molecule has 5 nitrogen and oxygen atoms in total. The molecule has 5 rings (SSSR count). The van der Waals surface area contributed by atoms with Gasteiger partial charge in [0, 0.05) is 29.6 Å². The molecule has 3 aromatic rings. The molecule has 40 heavy (non-hydrogen) atoms. The Morgan fingerprint density at radius 2 is 1.90 bits per heavy atom. The fraction of sp³-hybridized carbons (Fsp3) is 0.353. The van der Waals surface area contributed by atoms with Crippen LogP contribution in [0.3, 0.4) is 0 Å². The van der Waals surface area contributed by atoms with Crippen molar-refractivity contribution in [2.45, 2.75) is 63.4 Å². The molecule has 0 saturated carbocycles. The molecule has 0 unspecified atom stereocenters. The molecule has 2 aliphatic rings. The predicted molar refractivity (Wildman–Crippen MR) is 166 cm³/mol. The Hall–Kier alpha value is -3.35. The van der Waals surface area contributed by atoms with Gasteiger partial charge in [-0.15, -0.1) is 0 Å². The van der Waals surface area contributed by atoms with Crippen LogP contribution in [0.25, 0.3) is 6.08 Å². The number of hydrogen-bond acceptors (Lipinski definition) is 4. The molecule has 0 radical (unpaired) electrons. The summed E-state index contributed by atoms with van der Waals surface area (Å²) in [4.78, 5) is 33.0. The Bertz CT molecular complexity index is 1370. The summed E-state index contributed by atoms with van der Waals surface area (Å²) in [5.41, 5.74) is 4.57. The van der Waals surface area contributed by atoms with E-state index < -0.39 is 0 Å². The number of rotatable bonds is 9. The summed E-state index contributed by atoms with van der Waals surface area (Å²) in [5.74, 6) is -0.139. The Balaban J connectivity index is 1.33. The predicted octanol–water partition coefficient (Wildman–Crippen LogP) is 7.06. The lowest BCUT2D eigenvalue weighted by atomic mass is 10.00. The molecule has 0 aromatic heterocycles. The van der Waals surface area contributed by atoms with Gasteiger partial charge in [-0.3, -0.25) is 9.59 Å². The molecule has 0 bridgehead atoms. The van der Waals surface area contributed by atoms with Crippen molar-refractivity contribution in [3.8, 4) is 0 Å². The summed E-state index contributed by atoms with van der Waals surface area (Å²) in [6.45, 7) is 7.61. The third kappa shape index (κ3) is 6.86. The zero-order valence-electron chi connectivity index (χ0n) is 23.6. The molecule has 208 valence electrons. The first-order valence-corrected chi connectivity index (χ1v) is 15.3.